The number of halogens is 2. The van der Waals surface area contributed by atoms with Crippen molar-refractivity contribution in [1.29, 1.82) is 0 Å². The predicted octanol–water partition coefficient (Wildman–Crippen LogP) is 6.36. The molecule has 26 heavy (non-hydrogen) atoms. The van der Waals surface area contributed by atoms with E-state index in [1.54, 1.807) is 19.1 Å². The highest BCUT2D eigenvalue weighted by molar-refractivity contribution is 5.33. The van der Waals surface area contributed by atoms with Crippen LogP contribution in [0, 0.1) is 23.5 Å². The fraction of sp³-hybridized carbons (Fsp3) is 0.636. The van der Waals surface area contributed by atoms with Gasteiger partial charge in [-0.2, -0.15) is 4.39 Å². The van der Waals surface area contributed by atoms with Gasteiger partial charge in [0.05, 0.1) is 19.0 Å². The molecule has 144 valence electrons. The zero-order valence-electron chi connectivity index (χ0n) is 15.9. The summed E-state index contributed by atoms with van der Waals surface area (Å²) in [6.45, 7) is 5.08. The first-order chi connectivity index (χ1) is 12.6. The summed E-state index contributed by atoms with van der Waals surface area (Å²) in [6.07, 6.45) is 9.44. The smallest absolute Gasteiger partial charge is 0.200 e. The molecule has 1 heterocycles. The lowest BCUT2D eigenvalue weighted by Gasteiger charge is -2.35. The van der Waals surface area contributed by atoms with Crippen LogP contribution in [0.3, 0.4) is 0 Å². The van der Waals surface area contributed by atoms with Crippen molar-refractivity contribution in [3.05, 3.63) is 41.2 Å². The molecule has 1 aromatic carbocycles. The van der Waals surface area contributed by atoms with Crippen LogP contribution in [0.1, 0.15) is 70.3 Å². The fourth-order valence-corrected chi connectivity index (χ4v) is 4.40. The third kappa shape index (κ3) is 4.21. The summed E-state index contributed by atoms with van der Waals surface area (Å²) in [7, 11) is 0. The Bertz CT molecular complexity index is 633. The number of benzene rings is 1. The van der Waals surface area contributed by atoms with E-state index in [1.165, 1.54) is 0 Å². The van der Waals surface area contributed by atoms with Gasteiger partial charge in [-0.3, -0.25) is 0 Å². The van der Waals surface area contributed by atoms with Gasteiger partial charge in [-0.1, -0.05) is 13.0 Å². The van der Waals surface area contributed by atoms with Gasteiger partial charge in [0, 0.05) is 6.42 Å². The molecule has 0 amide bonds. The van der Waals surface area contributed by atoms with Gasteiger partial charge in [-0.15, -0.1) is 0 Å². The van der Waals surface area contributed by atoms with Crippen LogP contribution in [0.15, 0.2) is 24.0 Å². The van der Waals surface area contributed by atoms with E-state index >= 15 is 0 Å². The van der Waals surface area contributed by atoms with Crippen LogP contribution in [-0.2, 0) is 4.74 Å². The molecule has 1 atom stereocenters. The number of hydrogen-bond acceptors (Lipinski definition) is 2. The van der Waals surface area contributed by atoms with E-state index in [1.807, 2.05) is 0 Å². The van der Waals surface area contributed by atoms with Crippen LogP contribution in [0.25, 0.3) is 0 Å². The summed E-state index contributed by atoms with van der Waals surface area (Å²) in [4.78, 5) is 0. The Morgan fingerprint density at radius 1 is 1.04 bits per heavy atom. The molecule has 0 saturated heterocycles. The van der Waals surface area contributed by atoms with E-state index < -0.39 is 11.6 Å². The third-order valence-corrected chi connectivity index (χ3v) is 5.88. The quantitative estimate of drug-likeness (QED) is 0.585. The largest absolute Gasteiger partial charge is 0.498 e. The number of ether oxygens (including phenoxy) is 2. The van der Waals surface area contributed by atoms with E-state index in [0.717, 1.165) is 57.3 Å². The predicted molar refractivity (Wildman–Crippen MR) is 99.3 cm³/mol. The zero-order valence-corrected chi connectivity index (χ0v) is 15.9. The van der Waals surface area contributed by atoms with Gasteiger partial charge in [0.25, 0.3) is 0 Å². The molecular weight excluding hydrogens is 334 g/mol. The standard InChI is InChI=1S/C22H30F2O2/c1-3-5-18-11-10-17(14-26-18)15-6-8-16(9-7-15)19-12-13-20(25-4-2)22(24)21(19)23/h11-13,15-17H,3-10,14H2,1-2H3. The number of rotatable bonds is 6. The van der Waals surface area contributed by atoms with Gasteiger partial charge in [0.1, 0.15) is 0 Å². The highest BCUT2D eigenvalue weighted by Gasteiger charge is 2.31. The Balaban J connectivity index is 1.58. The first kappa shape index (κ1) is 19.2. The highest BCUT2D eigenvalue weighted by Crippen LogP contribution is 2.42. The van der Waals surface area contributed by atoms with Crippen LogP contribution in [0.5, 0.6) is 5.75 Å². The zero-order chi connectivity index (χ0) is 18.5. The van der Waals surface area contributed by atoms with Crippen molar-refractivity contribution in [3.63, 3.8) is 0 Å². The minimum Gasteiger partial charge on any atom is -0.498 e. The molecule has 0 bridgehead atoms. The molecule has 1 saturated carbocycles. The van der Waals surface area contributed by atoms with E-state index in [2.05, 4.69) is 13.0 Å². The molecule has 0 radical (unpaired) electrons. The number of allylic oxidation sites excluding steroid dienone is 2. The van der Waals surface area contributed by atoms with E-state index in [0.29, 0.717) is 24.0 Å². The molecule has 1 unspecified atom stereocenters. The molecular formula is C22H30F2O2. The van der Waals surface area contributed by atoms with Crippen molar-refractivity contribution in [2.45, 2.75) is 64.7 Å². The normalized spacial score (nSPS) is 26.2. The maximum atomic E-state index is 14.5. The Morgan fingerprint density at radius 2 is 1.81 bits per heavy atom. The highest BCUT2D eigenvalue weighted by atomic mass is 19.2. The van der Waals surface area contributed by atoms with Gasteiger partial charge in [-0.25, -0.2) is 4.39 Å². The second kappa shape index (κ2) is 8.88. The Labute approximate surface area is 155 Å². The van der Waals surface area contributed by atoms with Crippen molar-refractivity contribution in [2.24, 2.45) is 11.8 Å². The first-order valence-corrected chi connectivity index (χ1v) is 10.1. The molecule has 3 rings (SSSR count). The lowest BCUT2D eigenvalue weighted by atomic mass is 9.72. The fourth-order valence-electron chi connectivity index (χ4n) is 4.40. The Morgan fingerprint density at radius 3 is 2.42 bits per heavy atom. The molecule has 2 aliphatic rings. The van der Waals surface area contributed by atoms with Crippen molar-refractivity contribution in [2.75, 3.05) is 13.2 Å². The van der Waals surface area contributed by atoms with Gasteiger partial charge in [-0.05, 0) is 80.9 Å². The maximum absolute atomic E-state index is 14.5. The average molecular weight is 364 g/mol. The molecule has 1 fully saturated rings. The third-order valence-electron chi connectivity index (χ3n) is 5.88. The summed E-state index contributed by atoms with van der Waals surface area (Å²) in [5.74, 6) is 0.876. The molecule has 0 spiro atoms. The van der Waals surface area contributed by atoms with E-state index in [-0.39, 0.29) is 11.7 Å². The summed E-state index contributed by atoms with van der Waals surface area (Å²) >= 11 is 0. The van der Waals surface area contributed by atoms with Crippen molar-refractivity contribution in [1.82, 2.24) is 0 Å². The van der Waals surface area contributed by atoms with Gasteiger partial charge in [0.15, 0.2) is 11.6 Å². The van der Waals surface area contributed by atoms with Crippen molar-refractivity contribution >= 4 is 0 Å². The van der Waals surface area contributed by atoms with Crippen molar-refractivity contribution in [3.8, 4) is 5.75 Å². The van der Waals surface area contributed by atoms with Crippen molar-refractivity contribution < 1.29 is 18.3 Å². The molecule has 1 aliphatic heterocycles. The SMILES string of the molecule is CCCC1=CCC(C2CCC(c3ccc(OCC)c(F)c3F)CC2)CO1. The molecule has 4 heteroatoms. The monoisotopic (exact) mass is 364 g/mol. The van der Waals surface area contributed by atoms with Gasteiger partial charge in [0.2, 0.25) is 5.82 Å². The van der Waals surface area contributed by atoms with Crippen LogP contribution < -0.4 is 4.74 Å². The summed E-state index contributed by atoms with van der Waals surface area (Å²) in [5, 5.41) is 0. The molecule has 1 aliphatic carbocycles. The lowest BCUT2D eigenvalue weighted by Crippen LogP contribution is -2.26. The minimum absolute atomic E-state index is 0.0106. The second-order valence-electron chi connectivity index (χ2n) is 7.55. The first-order valence-electron chi connectivity index (χ1n) is 10.1. The molecule has 2 nitrogen and oxygen atoms in total. The van der Waals surface area contributed by atoms with E-state index in [9.17, 15) is 8.78 Å². The van der Waals surface area contributed by atoms with Crippen LogP contribution in [0.4, 0.5) is 8.78 Å². The average Bonchev–Trinajstić information content (AvgIpc) is 2.67. The lowest BCUT2D eigenvalue weighted by molar-refractivity contribution is 0.0891. The second-order valence-corrected chi connectivity index (χ2v) is 7.55. The van der Waals surface area contributed by atoms with Crippen LogP contribution >= 0.6 is 0 Å². The van der Waals surface area contributed by atoms with Gasteiger partial charge < -0.3 is 9.47 Å². The molecule has 0 N–H and O–H groups in total. The Kier molecular flexibility index (Phi) is 6.55. The summed E-state index contributed by atoms with van der Waals surface area (Å²) < 4.78 is 39.7. The number of hydrogen-bond donors (Lipinski definition) is 0. The topological polar surface area (TPSA) is 18.5 Å². The van der Waals surface area contributed by atoms with Gasteiger partial charge >= 0.3 is 0 Å². The van der Waals surface area contributed by atoms with Crippen LogP contribution in [0.2, 0.25) is 0 Å². The molecule has 1 aromatic rings. The summed E-state index contributed by atoms with van der Waals surface area (Å²) in [5.41, 5.74) is 0.509. The maximum Gasteiger partial charge on any atom is 0.200 e. The minimum atomic E-state index is -0.847. The van der Waals surface area contributed by atoms with E-state index in [4.69, 9.17) is 9.47 Å². The molecule has 0 aromatic heterocycles. The van der Waals surface area contributed by atoms with Crippen LogP contribution in [-0.4, -0.2) is 13.2 Å². The Hall–Kier alpha value is -1.58. The summed E-state index contributed by atoms with van der Waals surface area (Å²) in [6, 6.07) is 3.27.